The highest BCUT2D eigenvalue weighted by Crippen LogP contribution is 2.39. The second kappa shape index (κ2) is 7.35. The highest BCUT2D eigenvalue weighted by Gasteiger charge is 2.43. The molecule has 2 fully saturated rings. The first-order valence-corrected chi connectivity index (χ1v) is 9.11. The van der Waals surface area contributed by atoms with Crippen LogP contribution in [0.3, 0.4) is 0 Å². The van der Waals surface area contributed by atoms with E-state index < -0.39 is 0 Å². The van der Waals surface area contributed by atoms with Crippen molar-refractivity contribution in [2.24, 2.45) is 5.41 Å². The molecular weight excluding hydrogens is 344 g/mol. The van der Waals surface area contributed by atoms with Crippen molar-refractivity contribution in [2.75, 3.05) is 31.1 Å². The van der Waals surface area contributed by atoms with Gasteiger partial charge < -0.3 is 15.3 Å². The Morgan fingerprint density at radius 1 is 1.25 bits per heavy atom. The quantitative estimate of drug-likeness (QED) is 0.855. The summed E-state index contributed by atoms with van der Waals surface area (Å²) in [6, 6.07) is 10.2. The number of benzene rings is 1. The van der Waals surface area contributed by atoms with E-state index in [4.69, 9.17) is 0 Å². The Morgan fingerprint density at radius 3 is 2.88 bits per heavy atom. The fourth-order valence-electron chi connectivity index (χ4n) is 3.78. The van der Waals surface area contributed by atoms with E-state index in [0.717, 1.165) is 61.1 Å². The number of nitrogens with one attached hydrogen (secondary N) is 1. The Kier molecular flexibility index (Phi) is 5.39. The number of piperidine rings is 2. The summed E-state index contributed by atoms with van der Waals surface area (Å²) in [5, 5.41) is 24.7. The zero-order valence-corrected chi connectivity index (χ0v) is 15.2. The van der Waals surface area contributed by atoms with Crippen LogP contribution in [0.15, 0.2) is 30.3 Å². The molecule has 2 aliphatic heterocycles. The van der Waals surface area contributed by atoms with Crippen molar-refractivity contribution in [3.8, 4) is 10.6 Å². The van der Waals surface area contributed by atoms with Crippen molar-refractivity contribution < 1.29 is 5.11 Å². The molecule has 3 heterocycles. The minimum absolute atomic E-state index is 0. The van der Waals surface area contributed by atoms with Crippen LogP contribution in [0.1, 0.15) is 19.3 Å². The molecule has 1 aromatic heterocycles. The maximum absolute atomic E-state index is 10.5. The molecule has 2 atom stereocenters. The zero-order chi connectivity index (χ0) is 15.7. The van der Waals surface area contributed by atoms with Crippen LogP contribution in [0.2, 0.25) is 0 Å². The van der Waals surface area contributed by atoms with Gasteiger partial charge in [-0.3, -0.25) is 0 Å². The molecule has 5 nitrogen and oxygen atoms in total. The predicted octanol–water partition coefficient (Wildman–Crippen LogP) is 2.57. The first-order chi connectivity index (χ1) is 11.3. The molecule has 1 spiro atoms. The molecular formula is C17H23ClN4OS. The lowest BCUT2D eigenvalue weighted by molar-refractivity contribution is -0.0101. The monoisotopic (exact) mass is 366 g/mol. The number of aliphatic hydroxyl groups is 1. The summed E-state index contributed by atoms with van der Waals surface area (Å²) < 4.78 is 0. The first-order valence-electron chi connectivity index (χ1n) is 8.30. The number of rotatable bonds is 2. The number of halogens is 1. The Bertz CT molecular complexity index is 664. The van der Waals surface area contributed by atoms with Gasteiger partial charge in [-0.25, -0.2) is 0 Å². The summed E-state index contributed by atoms with van der Waals surface area (Å²) in [5.74, 6) is 0. The third kappa shape index (κ3) is 3.28. The lowest BCUT2D eigenvalue weighted by Gasteiger charge is -2.48. The number of hydrogen-bond acceptors (Lipinski definition) is 6. The number of aliphatic hydroxyl groups excluding tert-OH is 1. The van der Waals surface area contributed by atoms with Gasteiger partial charge in [-0.05, 0) is 25.8 Å². The van der Waals surface area contributed by atoms with Gasteiger partial charge in [0.25, 0.3) is 0 Å². The lowest BCUT2D eigenvalue weighted by Crippen LogP contribution is -2.58. The van der Waals surface area contributed by atoms with Crippen LogP contribution in [-0.2, 0) is 0 Å². The molecule has 0 bridgehead atoms. The molecule has 2 saturated heterocycles. The largest absolute Gasteiger partial charge is 0.392 e. The molecule has 130 valence electrons. The van der Waals surface area contributed by atoms with Crippen LogP contribution in [-0.4, -0.2) is 47.6 Å². The summed E-state index contributed by atoms with van der Waals surface area (Å²) in [7, 11) is 0. The van der Waals surface area contributed by atoms with E-state index >= 15 is 0 Å². The summed E-state index contributed by atoms with van der Waals surface area (Å²) in [4.78, 5) is 2.31. The summed E-state index contributed by atoms with van der Waals surface area (Å²) in [5.41, 5.74) is 1.08. The van der Waals surface area contributed by atoms with Gasteiger partial charge in [-0.2, -0.15) is 0 Å². The van der Waals surface area contributed by atoms with Crippen LogP contribution >= 0.6 is 23.7 Å². The molecule has 2 N–H and O–H groups in total. The molecule has 4 rings (SSSR count). The van der Waals surface area contributed by atoms with Crippen molar-refractivity contribution >= 4 is 28.9 Å². The van der Waals surface area contributed by atoms with Gasteiger partial charge >= 0.3 is 0 Å². The average molecular weight is 367 g/mol. The van der Waals surface area contributed by atoms with E-state index in [2.05, 4.69) is 32.5 Å². The topological polar surface area (TPSA) is 61.3 Å². The predicted molar refractivity (Wildman–Crippen MR) is 100.0 cm³/mol. The highest BCUT2D eigenvalue weighted by atomic mass is 35.5. The maximum Gasteiger partial charge on any atom is 0.208 e. The Morgan fingerprint density at radius 2 is 2.08 bits per heavy atom. The molecule has 24 heavy (non-hydrogen) atoms. The van der Waals surface area contributed by atoms with Crippen LogP contribution in [0, 0.1) is 5.41 Å². The molecule has 0 amide bonds. The molecule has 0 aliphatic carbocycles. The van der Waals surface area contributed by atoms with E-state index in [1.54, 1.807) is 11.3 Å². The first kappa shape index (κ1) is 17.6. The summed E-state index contributed by atoms with van der Waals surface area (Å²) in [6.07, 6.45) is 2.81. The number of nitrogens with zero attached hydrogens (tertiary/aromatic N) is 3. The number of aromatic nitrogens is 2. The van der Waals surface area contributed by atoms with Gasteiger partial charge in [-0.15, -0.1) is 22.6 Å². The van der Waals surface area contributed by atoms with Gasteiger partial charge in [0.15, 0.2) is 0 Å². The van der Waals surface area contributed by atoms with Crippen LogP contribution < -0.4 is 10.2 Å². The van der Waals surface area contributed by atoms with Crippen LogP contribution in [0.5, 0.6) is 0 Å². The second-order valence-electron chi connectivity index (χ2n) is 6.62. The molecule has 0 unspecified atom stereocenters. The van der Waals surface area contributed by atoms with Crippen LogP contribution in [0.25, 0.3) is 10.6 Å². The third-order valence-corrected chi connectivity index (χ3v) is 6.13. The molecule has 0 radical (unpaired) electrons. The number of anilines is 1. The Balaban J connectivity index is 0.00000169. The number of hydrogen-bond donors (Lipinski definition) is 2. The highest BCUT2D eigenvalue weighted by molar-refractivity contribution is 7.18. The van der Waals surface area contributed by atoms with Gasteiger partial charge in [0.2, 0.25) is 5.13 Å². The van der Waals surface area contributed by atoms with Crippen molar-refractivity contribution in [2.45, 2.75) is 25.4 Å². The summed E-state index contributed by atoms with van der Waals surface area (Å²) >= 11 is 1.64. The van der Waals surface area contributed by atoms with Crippen LogP contribution in [0.4, 0.5) is 5.13 Å². The Hall–Kier alpha value is -1.21. The fraction of sp³-hybridized carbons (Fsp3) is 0.529. The van der Waals surface area contributed by atoms with E-state index in [-0.39, 0.29) is 23.9 Å². The molecule has 2 aromatic rings. The Labute approximate surface area is 152 Å². The minimum atomic E-state index is -0.215. The molecule has 1 aromatic carbocycles. The molecule has 7 heteroatoms. The van der Waals surface area contributed by atoms with E-state index in [0.29, 0.717) is 0 Å². The second-order valence-corrected chi connectivity index (χ2v) is 7.58. The van der Waals surface area contributed by atoms with Gasteiger partial charge in [0.05, 0.1) is 6.10 Å². The molecule has 2 aliphatic rings. The summed E-state index contributed by atoms with van der Waals surface area (Å²) in [6.45, 7) is 3.68. The smallest absolute Gasteiger partial charge is 0.208 e. The normalized spacial score (nSPS) is 27.0. The van der Waals surface area contributed by atoms with Gasteiger partial charge in [0.1, 0.15) is 5.01 Å². The SMILES string of the molecule is Cl.O[C@H]1CCNC[C@]12CCCN(c1nnc(-c3ccccc3)s1)C2. The zero-order valence-electron chi connectivity index (χ0n) is 13.5. The van der Waals surface area contributed by atoms with E-state index in [9.17, 15) is 5.11 Å². The average Bonchev–Trinajstić information content (AvgIpc) is 3.09. The maximum atomic E-state index is 10.5. The standard InChI is InChI=1S/C17H22N4OS.ClH/c22-14-7-9-18-11-17(14)8-4-10-21(12-17)16-20-19-15(23-16)13-5-2-1-3-6-13;/h1-3,5-6,14,18,22H,4,7-12H2;1H/t14-,17-;/m0./s1. The third-order valence-electron chi connectivity index (χ3n) is 5.09. The van der Waals surface area contributed by atoms with Crippen molar-refractivity contribution in [1.29, 1.82) is 0 Å². The van der Waals surface area contributed by atoms with Crippen molar-refractivity contribution in [3.05, 3.63) is 30.3 Å². The van der Waals surface area contributed by atoms with Gasteiger partial charge in [0, 0.05) is 30.6 Å². The van der Waals surface area contributed by atoms with Crippen molar-refractivity contribution in [3.63, 3.8) is 0 Å². The molecule has 0 saturated carbocycles. The van der Waals surface area contributed by atoms with Gasteiger partial charge in [-0.1, -0.05) is 41.7 Å². The lowest BCUT2D eigenvalue weighted by atomic mass is 9.72. The fourth-order valence-corrected chi connectivity index (χ4v) is 4.66. The minimum Gasteiger partial charge on any atom is -0.392 e. The van der Waals surface area contributed by atoms with E-state index in [1.807, 2.05) is 18.2 Å². The van der Waals surface area contributed by atoms with Crippen molar-refractivity contribution in [1.82, 2.24) is 15.5 Å². The van der Waals surface area contributed by atoms with E-state index in [1.165, 1.54) is 0 Å².